The van der Waals surface area contributed by atoms with Gasteiger partial charge in [-0.1, -0.05) is 13.8 Å². The van der Waals surface area contributed by atoms with Crippen LogP contribution in [-0.2, 0) is 6.54 Å². The summed E-state index contributed by atoms with van der Waals surface area (Å²) in [5.74, 6) is 0.666. The second-order valence-corrected chi connectivity index (χ2v) is 6.16. The molecule has 2 aromatic heterocycles. The van der Waals surface area contributed by atoms with Gasteiger partial charge in [-0.3, -0.25) is 5.10 Å². The van der Waals surface area contributed by atoms with E-state index in [0.717, 1.165) is 23.3 Å². The predicted octanol–water partition coefficient (Wildman–Crippen LogP) is 3.65. The van der Waals surface area contributed by atoms with Gasteiger partial charge in [0, 0.05) is 16.6 Å². The summed E-state index contributed by atoms with van der Waals surface area (Å²) in [7, 11) is 0. The van der Waals surface area contributed by atoms with Crippen molar-refractivity contribution in [2.24, 2.45) is 5.92 Å². The molecule has 5 heteroatoms. The number of nitrogens with zero attached hydrogens (tertiary/aromatic N) is 1. The van der Waals surface area contributed by atoms with Crippen LogP contribution in [0.25, 0.3) is 10.6 Å². The van der Waals surface area contributed by atoms with Gasteiger partial charge < -0.3 is 5.32 Å². The third-order valence-electron chi connectivity index (χ3n) is 2.43. The maximum absolute atomic E-state index is 4.14. The first-order valence-corrected chi connectivity index (χ1v) is 7.32. The number of nitrogens with one attached hydrogen (secondary N) is 2. The van der Waals surface area contributed by atoms with Crippen molar-refractivity contribution in [2.75, 3.05) is 6.54 Å². The van der Waals surface area contributed by atoms with Gasteiger partial charge in [-0.2, -0.15) is 5.10 Å². The van der Waals surface area contributed by atoms with Gasteiger partial charge in [0.1, 0.15) is 0 Å². The fraction of sp³-hybridized carbons (Fsp3) is 0.417. The lowest BCUT2D eigenvalue weighted by atomic mass is 10.2. The zero-order valence-corrected chi connectivity index (χ0v) is 12.4. The van der Waals surface area contributed by atoms with Crippen LogP contribution in [0.1, 0.15) is 19.4 Å². The van der Waals surface area contributed by atoms with Gasteiger partial charge in [-0.25, -0.2) is 0 Å². The van der Waals surface area contributed by atoms with E-state index in [1.165, 1.54) is 10.4 Å². The molecule has 0 spiro atoms. The highest BCUT2D eigenvalue weighted by Gasteiger charge is 2.11. The average Bonchev–Trinajstić information content (AvgIpc) is 2.86. The highest BCUT2D eigenvalue weighted by molar-refractivity contribution is 9.10. The predicted molar refractivity (Wildman–Crippen MR) is 76.1 cm³/mol. The molecule has 3 nitrogen and oxygen atoms in total. The number of thiophene rings is 1. The zero-order valence-electron chi connectivity index (χ0n) is 9.96. The highest BCUT2D eigenvalue weighted by atomic mass is 79.9. The van der Waals surface area contributed by atoms with E-state index in [1.54, 1.807) is 11.3 Å². The third-order valence-corrected chi connectivity index (χ3v) is 4.29. The van der Waals surface area contributed by atoms with E-state index in [0.29, 0.717) is 5.92 Å². The first-order valence-electron chi connectivity index (χ1n) is 5.64. The molecule has 0 unspecified atom stereocenters. The minimum absolute atomic E-state index is 0.666. The zero-order chi connectivity index (χ0) is 12.3. The molecule has 0 aromatic carbocycles. The van der Waals surface area contributed by atoms with Gasteiger partial charge in [-0.15, -0.1) is 11.3 Å². The summed E-state index contributed by atoms with van der Waals surface area (Å²) in [5, 5.41) is 12.7. The van der Waals surface area contributed by atoms with E-state index in [4.69, 9.17) is 0 Å². The van der Waals surface area contributed by atoms with Crippen LogP contribution in [0.2, 0.25) is 0 Å². The van der Waals surface area contributed by atoms with Crippen LogP contribution in [0.4, 0.5) is 0 Å². The van der Waals surface area contributed by atoms with Gasteiger partial charge >= 0.3 is 0 Å². The smallest absolute Gasteiger partial charge is 0.0806 e. The summed E-state index contributed by atoms with van der Waals surface area (Å²) < 4.78 is 1.12. The van der Waals surface area contributed by atoms with Crippen molar-refractivity contribution in [1.82, 2.24) is 15.5 Å². The fourth-order valence-electron chi connectivity index (χ4n) is 1.61. The number of aromatic nitrogens is 2. The monoisotopic (exact) mass is 313 g/mol. The van der Waals surface area contributed by atoms with E-state index in [9.17, 15) is 0 Å². The Hall–Kier alpha value is -0.650. The summed E-state index contributed by atoms with van der Waals surface area (Å²) in [6.45, 7) is 6.29. The fourth-order valence-corrected chi connectivity index (χ4v) is 3.21. The Morgan fingerprint density at radius 1 is 1.53 bits per heavy atom. The average molecular weight is 314 g/mol. The van der Waals surface area contributed by atoms with E-state index in [2.05, 4.69) is 56.7 Å². The molecule has 0 amide bonds. The summed E-state index contributed by atoms with van der Waals surface area (Å²) >= 11 is 5.27. The van der Waals surface area contributed by atoms with Crippen LogP contribution >= 0.6 is 27.3 Å². The lowest BCUT2D eigenvalue weighted by Crippen LogP contribution is -2.18. The molecule has 2 heterocycles. The Morgan fingerprint density at radius 3 is 3.00 bits per heavy atom. The number of halogens is 1. The molecule has 0 fully saturated rings. The Kier molecular flexibility index (Phi) is 4.36. The first kappa shape index (κ1) is 12.8. The minimum atomic E-state index is 0.666. The van der Waals surface area contributed by atoms with E-state index < -0.39 is 0 Å². The Labute approximate surface area is 114 Å². The van der Waals surface area contributed by atoms with Crippen LogP contribution in [0.3, 0.4) is 0 Å². The molecule has 92 valence electrons. The summed E-state index contributed by atoms with van der Waals surface area (Å²) in [6, 6.07) is 2.06. The van der Waals surface area contributed by atoms with Crippen LogP contribution in [0.15, 0.2) is 22.1 Å². The van der Waals surface area contributed by atoms with Crippen molar-refractivity contribution in [3.8, 4) is 10.6 Å². The minimum Gasteiger partial charge on any atom is -0.312 e. The van der Waals surface area contributed by atoms with Crippen LogP contribution in [0.5, 0.6) is 0 Å². The van der Waals surface area contributed by atoms with E-state index in [-0.39, 0.29) is 0 Å². The molecule has 0 saturated carbocycles. The number of aromatic amines is 1. The van der Waals surface area contributed by atoms with Gasteiger partial charge in [0.25, 0.3) is 0 Å². The van der Waals surface area contributed by atoms with Crippen molar-refractivity contribution in [3.63, 3.8) is 0 Å². The van der Waals surface area contributed by atoms with Crippen LogP contribution in [0, 0.1) is 5.92 Å². The molecule has 0 bridgehead atoms. The van der Waals surface area contributed by atoms with Crippen molar-refractivity contribution < 1.29 is 0 Å². The summed E-state index contributed by atoms with van der Waals surface area (Å²) in [5.41, 5.74) is 2.33. The number of H-pyrrole nitrogens is 1. The molecule has 2 N–H and O–H groups in total. The molecular weight excluding hydrogens is 298 g/mol. The van der Waals surface area contributed by atoms with Gasteiger partial charge in [0.2, 0.25) is 0 Å². The number of rotatable bonds is 5. The molecule has 0 saturated heterocycles. The van der Waals surface area contributed by atoms with Crippen molar-refractivity contribution in [2.45, 2.75) is 20.4 Å². The van der Waals surface area contributed by atoms with E-state index in [1.807, 2.05) is 6.20 Å². The second-order valence-electron chi connectivity index (χ2n) is 4.39. The molecular formula is C12H16BrN3S. The SMILES string of the molecule is CC(C)CNCc1cn[nH]c1-c1sccc1Br. The van der Waals surface area contributed by atoms with Crippen molar-refractivity contribution in [1.29, 1.82) is 0 Å². The Bertz CT molecular complexity index is 476. The summed E-state index contributed by atoms with van der Waals surface area (Å²) in [4.78, 5) is 1.21. The van der Waals surface area contributed by atoms with Crippen molar-refractivity contribution >= 4 is 27.3 Å². The molecule has 0 aliphatic heterocycles. The number of hydrogen-bond donors (Lipinski definition) is 2. The van der Waals surface area contributed by atoms with Crippen molar-refractivity contribution in [3.05, 3.63) is 27.7 Å². The van der Waals surface area contributed by atoms with Crippen LogP contribution < -0.4 is 5.32 Å². The van der Waals surface area contributed by atoms with Gasteiger partial charge in [0.15, 0.2) is 0 Å². The Balaban J connectivity index is 2.10. The maximum atomic E-state index is 4.14. The van der Waals surface area contributed by atoms with E-state index >= 15 is 0 Å². The normalized spacial score (nSPS) is 11.3. The largest absolute Gasteiger partial charge is 0.312 e. The topological polar surface area (TPSA) is 40.7 Å². The van der Waals surface area contributed by atoms with Crippen LogP contribution in [-0.4, -0.2) is 16.7 Å². The first-order chi connectivity index (χ1) is 8.18. The van der Waals surface area contributed by atoms with Gasteiger partial charge in [0.05, 0.1) is 16.8 Å². The molecule has 0 aliphatic carbocycles. The Morgan fingerprint density at radius 2 is 2.35 bits per heavy atom. The molecule has 2 aromatic rings. The second kappa shape index (κ2) is 5.80. The standard InChI is InChI=1S/C12H16BrN3S/c1-8(2)5-14-6-9-7-15-16-11(9)12-10(13)3-4-17-12/h3-4,7-8,14H,5-6H2,1-2H3,(H,15,16). The molecule has 0 atom stereocenters. The lowest BCUT2D eigenvalue weighted by molar-refractivity contribution is 0.553. The molecule has 17 heavy (non-hydrogen) atoms. The molecule has 2 rings (SSSR count). The maximum Gasteiger partial charge on any atom is 0.0806 e. The molecule has 0 radical (unpaired) electrons. The quantitative estimate of drug-likeness (QED) is 0.884. The summed E-state index contributed by atoms with van der Waals surface area (Å²) in [6.07, 6.45) is 1.90. The highest BCUT2D eigenvalue weighted by Crippen LogP contribution is 2.33. The number of hydrogen-bond acceptors (Lipinski definition) is 3. The molecule has 0 aliphatic rings. The van der Waals surface area contributed by atoms with Gasteiger partial charge in [-0.05, 0) is 39.8 Å². The third kappa shape index (κ3) is 3.18. The lowest BCUT2D eigenvalue weighted by Gasteiger charge is -2.07.